The zero-order valence-corrected chi connectivity index (χ0v) is 61.9. The highest BCUT2D eigenvalue weighted by atomic mass is 31.2. The Morgan fingerprint density at radius 3 is 1.22 bits per heavy atom. The lowest BCUT2D eigenvalue weighted by Crippen LogP contribution is -2.69. The summed E-state index contributed by atoms with van der Waals surface area (Å²) in [7, 11) is -5.71. The molecule has 0 spiro atoms. The van der Waals surface area contributed by atoms with Crippen molar-refractivity contribution in [2.75, 3.05) is 26.4 Å². The predicted molar refractivity (Wildman–Crippen MR) is 379 cm³/mol. The fraction of sp³-hybridized carbons (Fsp3) is 0.880. The minimum absolute atomic E-state index is 0.0422. The number of esters is 3. The normalized spacial score (nSPS) is 27.5. The van der Waals surface area contributed by atoms with Crippen LogP contribution in [0.4, 0.5) is 0 Å². The van der Waals surface area contributed by atoms with Crippen LogP contribution in [0.25, 0.3) is 0 Å². The number of aliphatic hydroxyl groups is 10. The van der Waals surface area contributed by atoms with Gasteiger partial charge in [-0.3, -0.25) is 18.6 Å². The second kappa shape index (κ2) is 56.5. The lowest BCUT2D eigenvalue weighted by atomic mass is 9.84. The van der Waals surface area contributed by atoms with Crippen molar-refractivity contribution in [3.05, 3.63) is 36.5 Å². The van der Waals surface area contributed by atoms with Gasteiger partial charge in [0.1, 0.15) is 98.7 Å². The van der Waals surface area contributed by atoms with E-state index in [0.717, 1.165) is 89.5 Å². The van der Waals surface area contributed by atoms with Crippen LogP contribution in [0.15, 0.2) is 36.5 Å². The first kappa shape index (κ1) is 91.4. The first-order valence-electron chi connectivity index (χ1n) is 38.8. The van der Waals surface area contributed by atoms with Crippen LogP contribution < -0.4 is 0 Å². The number of carbonyl (C=O) groups is 3. The summed E-state index contributed by atoms with van der Waals surface area (Å²) in [6.45, 7) is 3.35. The predicted octanol–water partition coefficient (Wildman–Crippen LogP) is 11.1. The largest absolute Gasteiger partial charge is 0.472 e. The molecule has 11 N–H and O–H groups in total. The summed E-state index contributed by atoms with van der Waals surface area (Å²) in [4.78, 5) is 50.9. The van der Waals surface area contributed by atoms with Crippen LogP contribution in [0.2, 0.25) is 0 Å². The molecule has 1 saturated carbocycles. The molecule has 18 atom stereocenters. The number of phosphoric acid groups is 1. The fourth-order valence-corrected chi connectivity index (χ4v) is 13.6. The summed E-state index contributed by atoms with van der Waals surface area (Å²) >= 11 is 0. The average Bonchev–Trinajstić information content (AvgIpc) is 0.761. The van der Waals surface area contributed by atoms with Gasteiger partial charge in [0, 0.05) is 18.9 Å². The number of aliphatic hydroxyl groups excluding tert-OH is 10. The van der Waals surface area contributed by atoms with Gasteiger partial charge in [0.25, 0.3) is 0 Å². The first-order chi connectivity index (χ1) is 48.3. The molecule has 25 heteroatoms. The fourth-order valence-electron chi connectivity index (χ4n) is 12.7. The quantitative estimate of drug-likeness (QED) is 0.00512. The van der Waals surface area contributed by atoms with E-state index in [0.29, 0.717) is 19.3 Å². The van der Waals surface area contributed by atoms with Crippen molar-refractivity contribution in [1.82, 2.24) is 0 Å². The molecule has 2 aliphatic heterocycles. The third-order valence-electron chi connectivity index (χ3n) is 19.0. The maximum absolute atomic E-state index is 14.3. The summed E-state index contributed by atoms with van der Waals surface area (Å²) < 4.78 is 64.8. The van der Waals surface area contributed by atoms with Gasteiger partial charge in [-0.25, -0.2) is 9.36 Å². The minimum atomic E-state index is -5.71. The molecule has 3 aliphatic rings. The molecule has 2 heterocycles. The van der Waals surface area contributed by atoms with E-state index in [4.69, 9.17) is 42.2 Å². The van der Waals surface area contributed by atoms with Gasteiger partial charge in [-0.05, 0) is 51.4 Å². The smallest absolute Gasteiger partial charge is 0.462 e. The molecule has 0 bridgehead atoms. The van der Waals surface area contributed by atoms with Gasteiger partial charge in [-0.15, -0.1) is 0 Å². The van der Waals surface area contributed by atoms with Crippen molar-refractivity contribution in [3.8, 4) is 0 Å². The van der Waals surface area contributed by atoms with Crippen LogP contribution in [-0.4, -0.2) is 204 Å². The van der Waals surface area contributed by atoms with Gasteiger partial charge in [0.05, 0.1) is 13.2 Å². The van der Waals surface area contributed by atoms with Crippen LogP contribution in [0.3, 0.4) is 0 Å². The molecule has 0 aromatic heterocycles. The molecular weight excluding hydrogens is 1320 g/mol. The van der Waals surface area contributed by atoms with E-state index < -0.39 is 156 Å². The van der Waals surface area contributed by atoms with Crippen LogP contribution in [0.5, 0.6) is 0 Å². The standard InChI is InChI=1S/C75H135O24P/c1-4-7-10-13-16-19-22-25-27-28-30-33-34-37-40-43-46-49-59(77)91-53-56(94-61(79)51-48-45-42-39-36-31-24-21-18-15-12-9-6-3)54-93-100(89,90)99-73-71(97-74-69(87)64(82)62(80)57(52-76)95-74)67(85)66(84)68(86)72(73)98-75-70(88)65(83)63(81)58(96-75)55-92-60(78)50-47-44-41-38-35-32-29-26-23-20-17-14-11-8-5-2/h31,36,41,44,47,50,56-58,62-76,80-88H,4-30,32-35,37-40,42-43,45-46,48-49,51-55H2,1-3H3,(H,89,90)/b36-31-,44-41+,50-47+. The van der Waals surface area contributed by atoms with Crippen LogP contribution in [-0.2, 0) is 61.2 Å². The van der Waals surface area contributed by atoms with E-state index in [1.54, 1.807) is 6.08 Å². The van der Waals surface area contributed by atoms with Gasteiger partial charge >= 0.3 is 25.7 Å². The lowest BCUT2D eigenvalue weighted by molar-refractivity contribution is -0.360. The Labute approximate surface area is 597 Å². The van der Waals surface area contributed by atoms with Crippen molar-refractivity contribution in [2.45, 2.75) is 395 Å². The highest BCUT2D eigenvalue weighted by Gasteiger charge is 2.58. The molecule has 0 radical (unpaired) electrons. The Bertz CT molecular complexity index is 2210. The van der Waals surface area contributed by atoms with Gasteiger partial charge in [-0.1, -0.05) is 257 Å². The number of phosphoric ester groups is 1. The maximum Gasteiger partial charge on any atom is 0.472 e. The summed E-state index contributed by atoms with van der Waals surface area (Å²) in [5, 5.41) is 110. The van der Waals surface area contributed by atoms with Crippen molar-refractivity contribution in [2.24, 2.45) is 0 Å². The monoisotopic (exact) mass is 1450 g/mol. The molecule has 3 fully saturated rings. The number of hydrogen-bond acceptors (Lipinski definition) is 23. The molecule has 0 aromatic rings. The molecule has 24 nitrogen and oxygen atoms in total. The first-order valence-corrected chi connectivity index (χ1v) is 40.3. The number of allylic oxidation sites excluding steroid dienone is 5. The van der Waals surface area contributed by atoms with Crippen molar-refractivity contribution in [1.29, 1.82) is 0 Å². The van der Waals surface area contributed by atoms with E-state index in [9.17, 15) is 74.9 Å². The molecule has 1 aliphatic carbocycles. The van der Waals surface area contributed by atoms with E-state index in [1.807, 2.05) is 6.08 Å². The molecule has 2 saturated heterocycles. The number of unbranched alkanes of at least 4 members (excludes halogenated alkanes) is 36. The number of carbonyl (C=O) groups excluding carboxylic acids is 3. The van der Waals surface area contributed by atoms with Crippen molar-refractivity contribution < 1.29 is 117 Å². The third kappa shape index (κ3) is 39.0. The molecule has 3 rings (SSSR count). The number of rotatable bonds is 60. The van der Waals surface area contributed by atoms with Crippen molar-refractivity contribution >= 4 is 25.7 Å². The molecule has 18 unspecified atom stereocenters. The third-order valence-corrected chi connectivity index (χ3v) is 20.0. The molecule has 0 aromatic carbocycles. The second-order valence-electron chi connectivity index (χ2n) is 27.8. The van der Waals surface area contributed by atoms with Crippen LogP contribution in [0, 0.1) is 0 Å². The number of hydrogen-bond donors (Lipinski definition) is 11. The SMILES string of the molecule is CCCCCCCC/C=C\CCCCCC(=O)OC(COC(=O)CCCCCCCCCCCCCCCCCCC)COP(=O)(O)OC1C(OC2OC(CO)C(O)C(O)C2O)C(O)C(O)C(O)C1OC1OC(COC(=O)/C=C/C=C/CCCCCCCCCCCCC)C(O)C(O)C1O. The summed E-state index contributed by atoms with van der Waals surface area (Å²) in [6.07, 6.45) is 19.8. The summed E-state index contributed by atoms with van der Waals surface area (Å²) in [6, 6.07) is 0. The Balaban J connectivity index is 1.73. The molecule has 100 heavy (non-hydrogen) atoms. The second-order valence-corrected chi connectivity index (χ2v) is 29.2. The van der Waals surface area contributed by atoms with Gasteiger partial charge < -0.3 is 89.1 Å². The van der Waals surface area contributed by atoms with Gasteiger partial charge in [0.15, 0.2) is 18.7 Å². The maximum atomic E-state index is 14.3. The van der Waals surface area contributed by atoms with Crippen LogP contribution >= 0.6 is 7.82 Å². The lowest BCUT2D eigenvalue weighted by Gasteiger charge is -2.49. The Kier molecular flexibility index (Phi) is 51.6. The van der Waals surface area contributed by atoms with Gasteiger partial charge in [0.2, 0.25) is 0 Å². The Morgan fingerprint density at radius 1 is 0.410 bits per heavy atom. The van der Waals surface area contributed by atoms with E-state index >= 15 is 0 Å². The number of ether oxygens (including phenoxy) is 7. The minimum Gasteiger partial charge on any atom is -0.462 e. The Hall–Kier alpha value is -2.82. The zero-order valence-electron chi connectivity index (χ0n) is 61.0. The van der Waals surface area contributed by atoms with Gasteiger partial charge in [-0.2, -0.15) is 0 Å². The summed E-state index contributed by atoms with van der Waals surface area (Å²) in [5.74, 6) is -2.24. The molecule has 584 valence electrons. The zero-order chi connectivity index (χ0) is 73.2. The average molecular weight is 1450 g/mol. The van der Waals surface area contributed by atoms with E-state index in [1.165, 1.54) is 160 Å². The van der Waals surface area contributed by atoms with E-state index in [-0.39, 0.29) is 12.8 Å². The van der Waals surface area contributed by atoms with Crippen LogP contribution in [0.1, 0.15) is 290 Å². The topological polar surface area (TPSA) is 374 Å². The van der Waals surface area contributed by atoms with Crippen molar-refractivity contribution in [3.63, 3.8) is 0 Å². The Morgan fingerprint density at radius 2 is 0.780 bits per heavy atom. The van der Waals surface area contributed by atoms with E-state index in [2.05, 4.69) is 32.9 Å². The highest BCUT2D eigenvalue weighted by molar-refractivity contribution is 7.47. The molecule has 0 amide bonds. The highest BCUT2D eigenvalue weighted by Crippen LogP contribution is 2.49. The molecular formula is C75H135O24P. The summed E-state index contributed by atoms with van der Waals surface area (Å²) in [5.41, 5.74) is 0.